The summed E-state index contributed by atoms with van der Waals surface area (Å²) in [5.41, 5.74) is 1.14. The molecular weight excluding hydrogens is 300 g/mol. The van der Waals surface area contributed by atoms with Gasteiger partial charge >= 0.3 is 6.03 Å². The van der Waals surface area contributed by atoms with Gasteiger partial charge in [-0.1, -0.05) is 49.4 Å². The molecule has 0 atom stereocenters. The fourth-order valence-electron chi connectivity index (χ4n) is 3.54. The number of hydrogen-bond acceptors (Lipinski definition) is 2. The van der Waals surface area contributed by atoms with Crippen LogP contribution in [0.3, 0.4) is 0 Å². The molecule has 1 saturated heterocycles. The Morgan fingerprint density at radius 2 is 1.88 bits per heavy atom. The minimum absolute atomic E-state index is 0.00636. The number of hydrogen-bond donors (Lipinski definition) is 2. The molecule has 4 heteroatoms. The molecule has 0 aliphatic carbocycles. The molecule has 0 aromatic heterocycles. The van der Waals surface area contributed by atoms with Gasteiger partial charge in [-0.15, -0.1) is 0 Å². The predicted octanol–water partition coefficient (Wildman–Crippen LogP) is 3.53. The lowest BCUT2D eigenvalue weighted by Crippen LogP contribution is -2.48. The van der Waals surface area contributed by atoms with E-state index in [1.54, 1.807) is 0 Å². The van der Waals surface area contributed by atoms with Gasteiger partial charge in [-0.2, -0.15) is 0 Å². The average Bonchev–Trinajstić information content (AvgIpc) is 2.66. The van der Waals surface area contributed by atoms with E-state index in [0.29, 0.717) is 6.54 Å². The summed E-state index contributed by atoms with van der Waals surface area (Å²) in [5.74, 6) is 0. The zero-order valence-corrected chi connectivity index (χ0v) is 14.3. The van der Waals surface area contributed by atoms with Crippen LogP contribution in [0, 0.1) is 5.41 Å². The first-order valence-corrected chi connectivity index (χ1v) is 8.78. The second kappa shape index (κ2) is 7.22. The van der Waals surface area contributed by atoms with Gasteiger partial charge in [0.2, 0.25) is 0 Å². The SMILES string of the molecule is CCC1(CO)CCN(C(=O)NCc2cccc3ccccc23)CC1. The number of nitrogens with one attached hydrogen (secondary N) is 1. The lowest BCUT2D eigenvalue weighted by molar-refractivity contribution is 0.0519. The van der Waals surface area contributed by atoms with E-state index in [-0.39, 0.29) is 18.1 Å². The summed E-state index contributed by atoms with van der Waals surface area (Å²) in [5, 5.41) is 15.0. The van der Waals surface area contributed by atoms with Crippen LogP contribution in [-0.2, 0) is 6.54 Å². The predicted molar refractivity (Wildman–Crippen MR) is 96.8 cm³/mol. The molecule has 3 rings (SSSR count). The number of carbonyl (C=O) groups excluding carboxylic acids is 1. The van der Waals surface area contributed by atoms with E-state index >= 15 is 0 Å². The number of benzene rings is 2. The molecule has 1 aliphatic heterocycles. The largest absolute Gasteiger partial charge is 0.396 e. The van der Waals surface area contributed by atoms with E-state index < -0.39 is 0 Å². The average molecular weight is 326 g/mol. The molecule has 0 saturated carbocycles. The topological polar surface area (TPSA) is 52.6 Å². The van der Waals surface area contributed by atoms with E-state index in [1.165, 1.54) is 10.8 Å². The highest BCUT2D eigenvalue weighted by Gasteiger charge is 2.33. The Hall–Kier alpha value is -2.07. The number of aliphatic hydroxyl groups excluding tert-OH is 1. The Balaban J connectivity index is 1.60. The quantitative estimate of drug-likeness (QED) is 0.903. The summed E-state index contributed by atoms with van der Waals surface area (Å²) < 4.78 is 0. The van der Waals surface area contributed by atoms with Gasteiger partial charge in [0.1, 0.15) is 0 Å². The van der Waals surface area contributed by atoms with E-state index in [1.807, 2.05) is 23.1 Å². The molecule has 128 valence electrons. The molecule has 2 N–H and O–H groups in total. The first-order valence-electron chi connectivity index (χ1n) is 8.78. The van der Waals surface area contributed by atoms with Crippen LogP contribution in [0.2, 0.25) is 0 Å². The first kappa shape index (κ1) is 16.8. The zero-order valence-electron chi connectivity index (χ0n) is 14.3. The van der Waals surface area contributed by atoms with Crippen molar-refractivity contribution in [3.05, 3.63) is 48.0 Å². The number of fused-ring (bicyclic) bond motifs is 1. The Morgan fingerprint density at radius 1 is 1.17 bits per heavy atom. The van der Waals surface area contributed by atoms with Crippen molar-refractivity contribution >= 4 is 16.8 Å². The molecule has 1 aliphatic rings. The molecule has 2 amide bonds. The van der Waals surface area contributed by atoms with Gasteiger partial charge in [0.25, 0.3) is 0 Å². The van der Waals surface area contributed by atoms with Crippen molar-refractivity contribution in [3.8, 4) is 0 Å². The van der Waals surface area contributed by atoms with E-state index in [4.69, 9.17) is 0 Å². The molecule has 1 fully saturated rings. The summed E-state index contributed by atoms with van der Waals surface area (Å²) >= 11 is 0. The van der Waals surface area contributed by atoms with E-state index in [9.17, 15) is 9.90 Å². The number of aliphatic hydroxyl groups is 1. The van der Waals surface area contributed by atoms with Gasteiger partial charge in [-0.25, -0.2) is 4.79 Å². The van der Waals surface area contributed by atoms with Gasteiger partial charge < -0.3 is 15.3 Å². The van der Waals surface area contributed by atoms with Crippen LogP contribution < -0.4 is 5.32 Å². The maximum absolute atomic E-state index is 12.4. The second-order valence-corrected chi connectivity index (χ2v) is 6.80. The number of piperidine rings is 1. The molecule has 2 aromatic carbocycles. The minimum Gasteiger partial charge on any atom is -0.396 e. The third kappa shape index (κ3) is 3.39. The molecular formula is C20H26N2O2. The number of rotatable bonds is 4. The van der Waals surface area contributed by atoms with Gasteiger partial charge in [0.05, 0.1) is 0 Å². The zero-order chi connectivity index (χ0) is 17.0. The van der Waals surface area contributed by atoms with E-state index in [2.05, 4.69) is 36.5 Å². The Bertz CT molecular complexity index is 694. The maximum atomic E-state index is 12.4. The Labute approximate surface area is 143 Å². The molecule has 2 aromatic rings. The van der Waals surface area contributed by atoms with Crippen LogP contribution in [-0.4, -0.2) is 35.7 Å². The van der Waals surface area contributed by atoms with Gasteiger partial charge in [-0.05, 0) is 41.0 Å². The molecule has 1 heterocycles. The highest BCUT2D eigenvalue weighted by Crippen LogP contribution is 2.34. The molecule has 0 unspecified atom stereocenters. The Kier molecular flexibility index (Phi) is 5.05. The molecule has 24 heavy (non-hydrogen) atoms. The van der Waals surface area contributed by atoms with Gasteiger partial charge in [0, 0.05) is 26.2 Å². The number of urea groups is 1. The van der Waals surface area contributed by atoms with Crippen molar-refractivity contribution in [2.24, 2.45) is 5.41 Å². The van der Waals surface area contributed by atoms with E-state index in [0.717, 1.165) is 37.9 Å². The number of amides is 2. The highest BCUT2D eigenvalue weighted by atomic mass is 16.3. The van der Waals surface area contributed by atoms with Crippen LogP contribution in [0.15, 0.2) is 42.5 Å². The lowest BCUT2D eigenvalue weighted by Gasteiger charge is -2.40. The monoisotopic (exact) mass is 326 g/mol. The number of nitrogens with zero attached hydrogens (tertiary/aromatic N) is 1. The third-order valence-electron chi connectivity index (χ3n) is 5.51. The molecule has 4 nitrogen and oxygen atoms in total. The first-order chi connectivity index (χ1) is 11.7. The smallest absolute Gasteiger partial charge is 0.317 e. The van der Waals surface area contributed by atoms with Crippen molar-refractivity contribution in [2.45, 2.75) is 32.7 Å². The van der Waals surface area contributed by atoms with Crippen LogP contribution in [0.25, 0.3) is 10.8 Å². The lowest BCUT2D eigenvalue weighted by atomic mass is 9.77. The number of likely N-dealkylation sites (tertiary alicyclic amines) is 1. The summed E-state index contributed by atoms with van der Waals surface area (Å²) in [6, 6.07) is 14.4. The molecule has 0 radical (unpaired) electrons. The molecule has 0 spiro atoms. The maximum Gasteiger partial charge on any atom is 0.317 e. The van der Waals surface area contributed by atoms with Crippen LogP contribution in [0.4, 0.5) is 4.79 Å². The summed E-state index contributed by atoms with van der Waals surface area (Å²) in [4.78, 5) is 14.3. The highest BCUT2D eigenvalue weighted by molar-refractivity contribution is 5.86. The normalized spacial score (nSPS) is 17.0. The standard InChI is InChI=1S/C20H26N2O2/c1-2-20(15-23)10-12-22(13-11-20)19(24)21-14-17-8-5-7-16-6-3-4-9-18(16)17/h3-9,23H,2,10-15H2,1H3,(H,21,24). The number of carbonyl (C=O) groups is 1. The summed E-state index contributed by atoms with van der Waals surface area (Å²) in [7, 11) is 0. The van der Waals surface area contributed by atoms with Gasteiger partial charge in [-0.3, -0.25) is 0 Å². The fraction of sp³-hybridized carbons (Fsp3) is 0.450. The second-order valence-electron chi connectivity index (χ2n) is 6.80. The van der Waals surface area contributed by atoms with Crippen LogP contribution in [0.5, 0.6) is 0 Å². The summed E-state index contributed by atoms with van der Waals surface area (Å²) in [6.07, 6.45) is 2.72. The fourth-order valence-corrected chi connectivity index (χ4v) is 3.54. The minimum atomic E-state index is -0.00872. The van der Waals surface area contributed by atoms with Crippen molar-refractivity contribution < 1.29 is 9.90 Å². The van der Waals surface area contributed by atoms with Crippen LogP contribution >= 0.6 is 0 Å². The van der Waals surface area contributed by atoms with Crippen molar-refractivity contribution in [1.82, 2.24) is 10.2 Å². The van der Waals surface area contributed by atoms with Crippen LogP contribution in [0.1, 0.15) is 31.7 Å². The van der Waals surface area contributed by atoms with Gasteiger partial charge in [0.15, 0.2) is 0 Å². The summed E-state index contributed by atoms with van der Waals surface area (Å²) in [6.45, 7) is 4.31. The third-order valence-corrected chi connectivity index (χ3v) is 5.51. The van der Waals surface area contributed by atoms with Crippen molar-refractivity contribution in [3.63, 3.8) is 0 Å². The van der Waals surface area contributed by atoms with Crippen molar-refractivity contribution in [1.29, 1.82) is 0 Å². The molecule has 0 bridgehead atoms. The van der Waals surface area contributed by atoms with Crippen molar-refractivity contribution in [2.75, 3.05) is 19.7 Å². The Morgan fingerprint density at radius 3 is 2.58 bits per heavy atom.